The Morgan fingerprint density at radius 3 is 2.32 bits per heavy atom. The normalized spacial score (nSPS) is 15.1. The van der Waals surface area contributed by atoms with Crippen molar-refractivity contribution in [2.24, 2.45) is 0 Å². The van der Waals surface area contributed by atoms with E-state index in [1.807, 2.05) is 6.92 Å². The van der Waals surface area contributed by atoms with Crippen molar-refractivity contribution >= 4 is 40.8 Å². The SMILES string of the molecule is CCCCCN1C(=O)C(SCC)=C(c2ccc(Cl)cc2)C1=O. The van der Waals surface area contributed by atoms with Crippen LogP contribution in [-0.2, 0) is 9.59 Å². The van der Waals surface area contributed by atoms with Gasteiger partial charge in [0.1, 0.15) is 0 Å². The third-order valence-electron chi connectivity index (χ3n) is 3.53. The Hall–Kier alpha value is -1.26. The van der Waals surface area contributed by atoms with Gasteiger partial charge in [-0.25, -0.2) is 0 Å². The van der Waals surface area contributed by atoms with Crippen molar-refractivity contribution in [1.82, 2.24) is 4.90 Å². The van der Waals surface area contributed by atoms with E-state index in [4.69, 9.17) is 11.6 Å². The number of unbranched alkanes of at least 4 members (excludes halogenated alkanes) is 2. The summed E-state index contributed by atoms with van der Waals surface area (Å²) in [6.45, 7) is 4.58. The van der Waals surface area contributed by atoms with E-state index in [0.717, 1.165) is 30.6 Å². The number of amides is 2. The largest absolute Gasteiger partial charge is 0.274 e. The van der Waals surface area contributed by atoms with Gasteiger partial charge in [0, 0.05) is 11.6 Å². The number of thioether (sulfide) groups is 1. The first-order valence-corrected chi connectivity index (χ1v) is 8.95. The maximum Gasteiger partial charge on any atom is 0.267 e. The molecule has 2 rings (SSSR count). The number of benzene rings is 1. The average molecular weight is 338 g/mol. The molecule has 1 aliphatic rings. The second-order valence-electron chi connectivity index (χ2n) is 5.11. The molecule has 22 heavy (non-hydrogen) atoms. The van der Waals surface area contributed by atoms with Crippen molar-refractivity contribution in [3.63, 3.8) is 0 Å². The van der Waals surface area contributed by atoms with Crippen LogP contribution < -0.4 is 0 Å². The summed E-state index contributed by atoms with van der Waals surface area (Å²) < 4.78 is 0. The summed E-state index contributed by atoms with van der Waals surface area (Å²) in [5, 5.41) is 0.616. The highest BCUT2D eigenvalue weighted by Gasteiger charge is 2.38. The van der Waals surface area contributed by atoms with E-state index in [1.165, 1.54) is 16.7 Å². The Bertz CT molecular complexity index is 595. The molecule has 0 spiro atoms. The molecule has 1 aromatic rings. The fraction of sp³-hybridized carbons (Fsp3) is 0.412. The van der Waals surface area contributed by atoms with E-state index in [9.17, 15) is 9.59 Å². The van der Waals surface area contributed by atoms with Crippen molar-refractivity contribution in [3.05, 3.63) is 39.8 Å². The fourth-order valence-corrected chi connectivity index (χ4v) is 3.42. The summed E-state index contributed by atoms with van der Waals surface area (Å²) in [6, 6.07) is 7.09. The molecule has 1 heterocycles. The smallest absolute Gasteiger partial charge is 0.267 e. The topological polar surface area (TPSA) is 37.4 Å². The minimum absolute atomic E-state index is 0.155. The standard InChI is InChI=1S/C17H20ClNO2S/c1-3-5-6-11-19-16(20)14(15(17(19)21)22-4-2)12-7-9-13(18)10-8-12/h7-10H,3-6,11H2,1-2H3. The summed E-state index contributed by atoms with van der Waals surface area (Å²) in [6.07, 6.45) is 2.93. The van der Waals surface area contributed by atoms with Crippen LogP contribution in [0.15, 0.2) is 29.2 Å². The highest BCUT2D eigenvalue weighted by molar-refractivity contribution is 8.04. The highest BCUT2D eigenvalue weighted by Crippen LogP contribution is 2.36. The number of carbonyl (C=O) groups excluding carboxylic acids is 2. The molecule has 0 aliphatic carbocycles. The Morgan fingerprint density at radius 2 is 1.73 bits per heavy atom. The minimum atomic E-state index is -0.181. The molecule has 0 aromatic heterocycles. The molecular formula is C17H20ClNO2S. The maximum atomic E-state index is 12.7. The lowest BCUT2D eigenvalue weighted by molar-refractivity contribution is -0.136. The molecule has 3 nitrogen and oxygen atoms in total. The molecule has 0 fully saturated rings. The number of carbonyl (C=O) groups is 2. The maximum absolute atomic E-state index is 12.7. The molecular weight excluding hydrogens is 318 g/mol. The van der Waals surface area contributed by atoms with Gasteiger partial charge < -0.3 is 0 Å². The summed E-state index contributed by atoms with van der Waals surface area (Å²) in [5.74, 6) is 0.422. The van der Waals surface area contributed by atoms with E-state index < -0.39 is 0 Å². The Balaban J connectivity index is 2.32. The van der Waals surface area contributed by atoms with Gasteiger partial charge in [-0.15, -0.1) is 11.8 Å². The monoisotopic (exact) mass is 337 g/mol. The number of imide groups is 1. The van der Waals surface area contributed by atoms with Crippen molar-refractivity contribution in [2.75, 3.05) is 12.3 Å². The van der Waals surface area contributed by atoms with Crippen LogP contribution in [-0.4, -0.2) is 29.0 Å². The second kappa shape index (κ2) is 7.84. The first kappa shape index (κ1) is 17.1. The molecule has 0 saturated heterocycles. The molecule has 1 aromatic carbocycles. The molecule has 0 radical (unpaired) electrons. The van der Waals surface area contributed by atoms with Crippen LogP contribution >= 0.6 is 23.4 Å². The zero-order valence-electron chi connectivity index (χ0n) is 12.9. The zero-order chi connectivity index (χ0) is 16.1. The van der Waals surface area contributed by atoms with E-state index in [2.05, 4.69) is 6.92 Å². The molecule has 0 N–H and O–H groups in total. The third kappa shape index (κ3) is 3.55. The summed E-state index contributed by atoms with van der Waals surface area (Å²) in [5.41, 5.74) is 1.28. The summed E-state index contributed by atoms with van der Waals surface area (Å²) in [7, 11) is 0. The highest BCUT2D eigenvalue weighted by atomic mass is 35.5. The lowest BCUT2D eigenvalue weighted by Gasteiger charge is -2.14. The van der Waals surface area contributed by atoms with Gasteiger partial charge in [0.25, 0.3) is 11.8 Å². The summed E-state index contributed by atoms with van der Waals surface area (Å²) in [4.78, 5) is 27.2. The molecule has 1 aliphatic heterocycles. The van der Waals surface area contributed by atoms with Crippen molar-refractivity contribution in [3.8, 4) is 0 Å². The fourth-order valence-electron chi connectivity index (χ4n) is 2.43. The molecule has 0 atom stereocenters. The first-order chi connectivity index (χ1) is 10.6. The van der Waals surface area contributed by atoms with Crippen molar-refractivity contribution in [1.29, 1.82) is 0 Å². The van der Waals surface area contributed by atoms with E-state index >= 15 is 0 Å². The van der Waals surface area contributed by atoms with Crippen molar-refractivity contribution in [2.45, 2.75) is 33.1 Å². The van der Waals surface area contributed by atoms with Crippen LogP contribution in [0.1, 0.15) is 38.7 Å². The van der Waals surface area contributed by atoms with Crippen LogP contribution in [0.3, 0.4) is 0 Å². The number of nitrogens with zero attached hydrogens (tertiary/aromatic N) is 1. The first-order valence-electron chi connectivity index (χ1n) is 7.59. The van der Waals surface area contributed by atoms with Gasteiger partial charge in [-0.05, 0) is 29.9 Å². The lowest BCUT2D eigenvalue weighted by Crippen LogP contribution is -2.32. The van der Waals surface area contributed by atoms with E-state index in [-0.39, 0.29) is 11.8 Å². The number of hydrogen-bond donors (Lipinski definition) is 0. The van der Waals surface area contributed by atoms with Crippen LogP contribution in [0.2, 0.25) is 5.02 Å². The lowest BCUT2D eigenvalue weighted by atomic mass is 10.1. The summed E-state index contributed by atoms with van der Waals surface area (Å²) >= 11 is 7.35. The Kier molecular flexibility index (Phi) is 6.09. The van der Waals surface area contributed by atoms with Crippen LogP contribution in [0.4, 0.5) is 0 Å². The third-order valence-corrected chi connectivity index (χ3v) is 4.74. The molecule has 2 amide bonds. The van der Waals surface area contributed by atoms with E-state index in [1.54, 1.807) is 24.3 Å². The predicted octanol–water partition coefficient (Wildman–Crippen LogP) is 4.36. The quantitative estimate of drug-likeness (QED) is 0.548. The molecule has 0 unspecified atom stereocenters. The molecule has 118 valence electrons. The van der Waals surface area contributed by atoms with Gasteiger partial charge in [0.05, 0.1) is 10.5 Å². The molecule has 5 heteroatoms. The van der Waals surface area contributed by atoms with Crippen LogP contribution in [0.5, 0.6) is 0 Å². The van der Waals surface area contributed by atoms with Gasteiger partial charge in [0.2, 0.25) is 0 Å². The zero-order valence-corrected chi connectivity index (χ0v) is 14.5. The van der Waals surface area contributed by atoms with Gasteiger partial charge >= 0.3 is 0 Å². The second-order valence-corrected chi connectivity index (χ2v) is 6.82. The van der Waals surface area contributed by atoms with E-state index in [0.29, 0.717) is 22.0 Å². The Morgan fingerprint density at radius 1 is 1.05 bits per heavy atom. The number of halogens is 1. The van der Waals surface area contributed by atoms with Crippen LogP contribution in [0.25, 0.3) is 5.57 Å². The van der Waals surface area contributed by atoms with Gasteiger partial charge in [0.15, 0.2) is 0 Å². The van der Waals surface area contributed by atoms with Gasteiger partial charge in [-0.2, -0.15) is 0 Å². The average Bonchev–Trinajstić information content (AvgIpc) is 2.73. The predicted molar refractivity (Wildman–Crippen MR) is 92.7 cm³/mol. The Labute approximate surface area is 140 Å². The van der Waals surface area contributed by atoms with Crippen LogP contribution in [0, 0.1) is 0 Å². The van der Waals surface area contributed by atoms with Gasteiger partial charge in [-0.1, -0.05) is 50.4 Å². The number of rotatable bonds is 7. The minimum Gasteiger partial charge on any atom is -0.274 e. The number of hydrogen-bond acceptors (Lipinski definition) is 3. The van der Waals surface area contributed by atoms with Gasteiger partial charge in [-0.3, -0.25) is 14.5 Å². The molecule has 0 saturated carbocycles. The van der Waals surface area contributed by atoms with Crippen molar-refractivity contribution < 1.29 is 9.59 Å². The molecule has 0 bridgehead atoms.